The number of hydrogen-bond donors (Lipinski definition) is 0. The number of furan rings is 1. The third kappa shape index (κ3) is 6.93. The van der Waals surface area contributed by atoms with Crippen LogP contribution in [0.4, 0.5) is 0 Å². The van der Waals surface area contributed by atoms with Crippen molar-refractivity contribution in [3.63, 3.8) is 0 Å². The summed E-state index contributed by atoms with van der Waals surface area (Å²) in [5.74, 6) is 0.549. The van der Waals surface area contributed by atoms with Crippen LogP contribution in [0.2, 0.25) is 0 Å². The first-order valence-corrected chi connectivity index (χ1v) is 11.5. The largest absolute Gasteiger partial charge is 0.467 e. The van der Waals surface area contributed by atoms with Crippen LogP contribution in [0.3, 0.4) is 0 Å². The summed E-state index contributed by atoms with van der Waals surface area (Å²) in [6, 6.07) is 3.60. The summed E-state index contributed by atoms with van der Waals surface area (Å²) in [6.45, 7) is 5.58. The predicted octanol–water partition coefficient (Wildman–Crippen LogP) is 2.63. The number of carbonyl (C=O) groups is 1. The third-order valence-electron chi connectivity index (χ3n) is 4.66. The van der Waals surface area contributed by atoms with Gasteiger partial charge < -0.3 is 14.1 Å². The maximum Gasteiger partial charge on any atom is 0.238 e. The highest BCUT2D eigenvalue weighted by Gasteiger charge is 2.28. The van der Waals surface area contributed by atoms with E-state index in [1.54, 1.807) is 17.2 Å². The van der Waals surface area contributed by atoms with Crippen molar-refractivity contribution < 1.29 is 22.4 Å². The van der Waals surface area contributed by atoms with Crippen LogP contribution in [0, 0.1) is 0 Å². The van der Waals surface area contributed by atoms with Crippen molar-refractivity contribution in [3.8, 4) is 0 Å². The predicted molar refractivity (Wildman–Crippen MR) is 104 cm³/mol. The van der Waals surface area contributed by atoms with Crippen LogP contribution >= 0.6 is 0 Å². The molecule has 27 heavy (non-hydrogen) atoms. The minimum absolute atomic E-state index is 0.000218. The van der Waals surface area contributed by atoms with E-state index in [9.17, 15) is 13.2 Å². The molecule has 1 aromatic rings. The van der Waals surface area contributed by atoms with Gasteiger partial charge in [-0.25, -0.2) is 8.42 Å². The van der Waals surface area contributed by atoms with Crippen molar-refractivity contribution in [3.05, 3.63) is 24.2 Å². The second kappa shape index (κ2) is 10.8. The van der Waals surface area contributed by atoms with Gasteiger partial charge in [-0.1, -0.05) is 20.3 Å². The number of sulfonamides is 1. The Balaban J connectivity index is 2.08. The number of unbranched alkanes of at least 4 members (excludes halogenated alkanes) is 1. The Kier molecular flexibility index (Phi) is 8.79. The molecule has 2 rings (SSSR count). The highest BCUT2D eigenvalue weighted by molar-refractivity contribution is 7.89. The summed E-state index contributed by atoms with van der Waals surface area (Å²) in [7, 11) is -3.43. The second-order valence-electron chi connectivity index (χ2n) is 6.99. The van der Waals surface area contributed by atoms with E-state index in [-0.39, 0.29) is 24.3 Å². The molecular formula is C19H32N2O5S. The van der Waals surface area contributed by atoms with Crippen molar-refractivity contribution in [1.82, 2.24) is 9.21 Å². The van der Waals surface area contributed by atoms with Crippen molar-refractivity contribution in [1.29, 1.82) is 0 Å². The molecule has 1 atom stereocenters. The monoisotopic (exact) mass is 400 g/mol. The summed E-state index contributed by atoms with van der Waals surface area (Å²) in [5, 5.41) is 0. The molecule has 2 heterocycles. The lowest BCUT2D eigenvalue weighted by atomic mass is 10.2. The Bertz CT molecular complexity index is 654. The molecule has 0 saturated carbocycles. The molecular weight excluding hydrogens is 368 g/mol. The van der Waals surface area contributed by atoms with Gasteiger partial charge in [-0.15, -0.1) is 0 Å². The number of hydrogen-bond acceptors (Lipinski definition) is 5. The first kappa shape index (κ1) is 21.9. The molecule has 1 aliphatic heterocycles. The molecule has 1 aromatic heterocycles. The van der Waals surface area contributed by atoms with Crippen molar-refractivity contribution in [2.75, 3.05) is 32.0 Å². The molecule has 1 saturated heterocycles. The Morgan fingerprint density at radius 1 is 1.30 bits per heavy atom. The number of nitrogens with zero attached hydrogens (tertiary/aromatic N) is 2. The van der Waals surface area contributed by atoms with Gasteiger partial charge in [0.2, 0.25) is 15.9 Å². The maximum atomic E-state index is 13.0. The highest BCUT2D eigenvalue weighted by atomic mass is 32.2. The molecule has 0 bridgehead atoms. The Morgan fingerprint density at radius 3 is 2.70 bits per heavy atom. The van der Waals surface area contributed by atoms with E-state index in [4.69, 9.17) is 9.15 Å². The zero-order valence-electron chi connectivity index (χ0n) is 16.4. The summed E-state index contributed by atoms with van der Waals surface area (Å²) in [4.78, 5) is 14.6. The SMILES string of the molecule is CCCCS(=O)(=O)N(CCC)CC(=O)N(Cc1ccco1)C[C@@H]1CCCO1. The van der Waals surface area contributed by atoms with Gasteiger partial charge in [-0.05, 0) is 37.8 Å². The molecule has 154 valence electrons. The van der Waals surface area contributed by atoms with E-state index < -0.39 is 10.0 Å². The van der Waals surface area contributed by atoms with E-state index in [0.717, 1.165) is 19.3 Å². The molecule has 1 amide bonds. The smallest absolute Gasteiger partial charge is 0.238 e. The lowest BCUT2D eigenvalue weighted by Crippen LogP contribution is -2.45. The Labute approximate surface area is 162 Å². The minimum Gasteiger partial charge on any atom is -0.467 e. The normalized spacial score (nSPS) is 17.5. The van der Waals surface area contributed by atoms with Crippen molar-refractivity contribution >= 4 is 15.9 Å². The topological polar surface area (TPSA) is 80.1 Å². The van der Waals surface area contributed by atoms with Gasteiger partial charge in [0.1, 0.15) is 5.76 Å². The minimum atomic E-state index is -3.43. The van der Waals surface area contributed by atoms with Crippen molar-refractivity contribution in [2.24, 2.45) is 0 Å². The van der Waals surface area contributed by atoms with Crippen LogP contribution in [-0.4, -0.2) is 61.6 Å². The molecule has 1 fully saturated rings. The average Bonchev–Trinajstić information content (AvgIpc) is 3.33. The van der Waals surface area contributed by atoms with Crippen LogP contribution < -0.4 is 0 Å². The molecule has 0 aliphatic carbocycles. The zero-order chi connectivity index (χ0) is 19.7. The quantitative estimate of drug-likeness (QED) is 0.539. The van der Waals surface area contributed by atoms with E-state index in [0.29, 0.717) is 44.8 Å². The Morgan fingerprint density at radius 2 is 2.11 bits per heavy atom. The summed E-state index contributed by atoms with van der Waals surface area (Å²) in [5.41, 5.74) is 0. The molecule has 8 heteroatoms. The number of rotatable bonds is 12. The van der Waals surface area contributed by atoms with Crippen LogP contribution in [0.25, 0.3) is 0 Å². The molecule has 0 unspecified atom stereocenters. The molecule has 0 spiro atoms. The fourth-order valence-electron chi connectivity index (χ4n) is 3.15. The first-order valence-electron chi connectivity index (χ1n) is 9.85. The molecule has 0 aromatic carbocycles. The summed E-state index contributed by atoms with van der Waals surface area (Å²) in [6.07, 6.45) is 5.54. The van der Waals surface area contributed by atoms with Crippen molar-refractivity contribution in [2.45, 2.75) is 58.6 Å². The van der Waals surface area contributed by atoms with Crippen LogP contribution in [0.5, 0.6) is 0 Å². The Hall–Kier alpha value is -1.38. The average molecular weight is 401 g/mol. The van der Waals surface area contributed by atoms with E-state index in [1.807, 2.05) is 19.9 Å². The van der Waals surface area contributed by atoms with Crippen LogP contribution in [-0.2, 0) is 26.1 Å². The van der Waals surface area contributed by atoms with E-state index >= 15 is 0 Å². The summed E-state index contributed by atoms with van der Waals surface area (Å²) < 4.78 is 37.6. The zero-order valence-corrected chi connectivity index (χ0v) is 17.2. The number of amides is 1. The van der Waals surface area contributed by atoms with Gasteiger partial charge in [0.25, 0.3) is 0 Å². The highest BCUT2D eigenvalue weighted by Crippen LogP contribution is 2.16. The van der Waals surface area contributed by atoms with Gasteiger partial charge in [-0.3, -0.25) is 4.79 Å². The fourth-order valence-corrected chi connectivity index (χ4v) is 4.83. The number of carbonyl (C=O) groups excluding carboxylic acids is 1. The van der Waals surface area contributed by atoms with Gasteiger partial charge in [0.15, 0.2) is 0 Å². The molecule has 0 N–H and O–H groups in total. The maximum absolute atomic E-state index is 13.0. The summed E-state index contributed by atoms with van der Waals surface area (Å²) >= 11 is 0. The second-order valence-corrected chi connectivity index (χ2v) is 9.08. The molecule has 0 radical (unpaired) electrons. The van der Waals surface area contributed by atoms with E-state index in [2.05, 4.69) is 0 Å². The number of ether oxygens (including phenoxy) is 1. The van der Waals surface area contributed by atoms with Crippen LogP contribution in [0.15, 0.2) is 22.8 Å². The molecule has 1 aliphatic rings. The van der Waals surface area contributed by atoms with Gasteiger partial charge in [0, 0.05) is 19.7 Å². The van der Waals surface area contributed by atoms with E-state index in [1.165, 1.54) is 4.31 Å². The van der Waals surface area contributed by atoms with Gasteiger partial charge in [0.05, 0.1) is 31.2 Å². The fraction of sp³-hybridized carbons (Fsp3) is 0.737. The first-order chi connectivity index (χ1) is 13.0. The molecule has 7 nitrogen and oxygen atoms in total. The third-order valence-corrected chi connectivity index (χ3v) is 6.56. The van der Waals surface area contributed by atoms with Crippen LogP contribution in [0.1, 0.15) is 51.7 Å². The standard InChI is InChI=1S/C19H32N2O5S/c1-3-5-13-27(23,24)21(10-4-2)16-19(22)20(14-17-8-6-11-25-17)15-18-9-7-12-26-18/h6,8,11,18H,3-5,7,9-10,12-16H2,1-2H3/t18-/m0/s1. The lowest BCUT2D eigenvalue weighted by molar-refractivity contribution is -0.134. The van der Waals surface area contributed by atoms with Gasteiger partial charge >= 0.3 is 0 Å². The van der Waals surface area contributed by atoms with Gasteiger partial charge in [-0.2, -0.15) is 4.31 Å². The lowest BCUT2D eigenvalue weighted by Gasteiger charge is -2.28.